The molecule has 2 saturated heterocycles. The van der Waals surface area contributed by atoms with E-state index in [1.807, 2.05) is 11.9 Å². The second kappa shape index (κ2) is 7.25. The maximum Gasteiger partial charge on any atom is 0.239 e. The van der Waals surface area contributed by atoms with Crippen molar-refractivity contribution in [3.63, 3.8) is 0 Å². The van der Waals surface area contributed by atoms with E-state index in [2.05, 4.69) is 40.5 Å². The van der Waals surface area contributed by atoms with Gasteiger partial charge in [-0.25, -0.2) is 0 Å². The monoisotopic (exact) mass is 301 g/mol. The Bertz CT molecular complexity index is 476. The van der Waals surface area contributed by atoms with Crippen LogP contribution < -0.4 is 5.32 Å². The molecule has 2 fully saturated rings. The molecule has 0 bridgehead atoms. The van der Waals surface area contributed by atoms with Gasteiger partial charge < -0.3 is 10.2 Å². The first-order chi connectivity index (χ1) is 10.7. The predicted molar refractivity (Wildman–Crippen MR) is 88.5 cm³/mol. The molecule has 1 aromatic rings. The lowest BCUT2D eigenvalue weighted by atomic mass is 10.0. The summed E-state index contributed by atoms with van der Waals surface area (Å²) >= 11 is 0. The van der Waals surface area contributed by atoms with E-state index in [1.54, 1.807) is 0 Å². The minimum absolute atomic E-state index is 0.0624. The molecule has 4 nitrogen and oxygen atoms in total. The van der Waals surface area contributed by atoms with Crippen LogP contribution in [0.3, 0.4) is 0 Å². The summed E-state index contributed by atoms with van der Waals surface area (Å²) in [4.78, 5) is 17.0. The highest BCUT2D eigenvalue weighted by atomic mass is 16.2. The van der Waals surface area contributed by atoms with E-state index in [9.17, 15) is 4.79 Å². The third kappa shape index (κ3) is 3.68. The molecule has 2 aliphatic heterocycles. The first kappa shape index (κ1) is 15.5. The molecular formula is C18H27N3O. The van der Waals surface area contributed by atoms with Gasteiger partial charge in [0.15, 0.2) is 0 Å². The van der Waals surface area contributed by atoms with Crippen LogP contribution in [0.4, 0.5) is 0 Å². The van der Waals surface area contributed by atoms with Gasteiger partial charge in [-0.2, -0.15) is 0 Å². The highest BCUT2D eigenvalue weighted by molar-refractivity contribution is 5.82. The van der Waals surface area contributed by atoms with Crippen molar-refractivity contribution in [1.29, 1.82) is 0 Å². The summed E-state index contributed by atoms with van der Waals surface area (Å²) in [7, 11) is 1.99. The molecule has 120 valence electrons. The molecule has 1 amide bonds. The summed E-state index contributed by atoms with van der Waals surface area (Å²) in [5.41, 5.74) is 1.38. The fraction of sp³-hybridized carbons (Fsp3) is 0.611. The predicted octanol–water partition coefficient (Wildman–Crippen LogP) is 1.86. The van der Waals surface area contributed by atoms with Gasteiger partial charge in [0.1, 0.15) is 0 Å². The van der Waals surface area contributed by atoms with Crippen molar-refractivity contribution in [3.8, 4) is 0 Å². The number of nitrogens with zero attached hydrogens (tertiary/aromatic N) is 2. The van der Waals surface area contributed by atoms with Gasteiger partial charge in [0.05, 0.1) is 6.04 Å². The summed E-state index contributed by atoms with van der Waals surface area (Å²) in [6.07, 6.45) is 4.29. The molecule has 22 heavy (non-hydrogen) atoms. The Morgan fingerprint density at radius 2 is 1.95 bits per heavy atom. The summed E-state index contributed by atoms with van der Waals surface area (Å²) in [5.74, 6) is 0.291. The second-order valence-corrected chi connectivity index (χ2v) is 6.59. The average molecular weight is 301 g/mol. The van der Waals surface area contributed by atoms with Crippen molar-refractivity contribution in [2.24, 2.45) is 0 Å². The van der Waals surface area contributed by atoms with Gasteiger partial charge in [0.2, 0.25) is 5.91 Å². The number of hydrogen-bond acceptors (Lipinski definition) is 3. The number of likely N-dealkylation sites (tertiary alicyclic amines) is 1. The Balaban J connectivity index is 1.47. The zero-order valence-corrected chi connectivity index (χ0v) is 13.5. The zero-order chi connectivity index (χ0) is 15.4. The highest BCUT2D eigenvalue weighted by Gasteiger charge is 2.30. The number of rotatable bonds is 4. The van der Waals surface area contributed by atoms with Crippen molar-refractivity contribution < 1.29 is 4.79 Å². The number of nitrogens with one attached hydrogen (secondary N) is 1. The van der Waals surface area contributed by atoms with E-state index >= 15 is 0 Å². The summed E-state index contributed by atoms with van der Waals surface area (Å²) in [6, 6.07) is 11.1. The van der Waals surface area contributed by atoms with Crippen LogP contribution in [0.1, 0.15) is 31.2 Å². The smallest absolute Gasteiger partial charge is 0.239 e. The van der Waals surface area contributed by atoms with Crippen LogP contribution in [0.15, 0.2) is 30.3 Å². The van der Waals surface area contributed by atoms with Gasteiger partial charge in [0, 0.05) is 32.7 Å². The largest absolute Gasteiger partial charge is 0.341 e. The van der Waals surface area contributed by atoms with Crippen molar-refractivity contribution in [2.75, 3.05) is 26.7 Å². The van der Waals surface area contributed by atoms with E-state index in [1.165, 1.54) is 5.56 Å². The van der Waals surface area contributed by atoms with Crippen LogP contribution in [0.25, 0.3) is 0 Å². The van der Waals surface area contributed by atoms with E-state index in [0.29, 0.717) is 11.9 Å². The molecule has 0 saturated carbocycles. The number of carbonyl (C=O) groups excluding carboxylic acids is 1. The number of likely N-dealkylation sites (N-methyl/N-ethyl adjacent to an activating group) is 1. The van der Waals surface area contributed by atoms with Crippen molar-refractivity contribution in [3.05, 3.63) is 35.9 Å². The molecule has 0 aromatic heterocycles. The third-order valence-electron chi connectivity index (χ3n) is 5.06. The minimum Gasteiger partial charge on any atom is -0.341 e. The second-order valence-electron chi connectivity index (χ2n) is 6.59. The molecule has 1 aromatic carbocycles. The van der Waals surface area contributed by atoms with E-state index < -0.39 is 0 Å². The van der Waals surface area contributed by atoms with Gasteiger partial charge in [-0.15, -0.1) is 0 Å². The molecule has 1 N–H and O–H groups in total. The standard InChI is InChI=1S/C18H27N3O/c1-20(18(22)17-8-5-11-19-17)16-9-12-21(13-10-16)14-15-6-3-2-4-7-15/h2-4,6-7,16-17,19H,5,8-14H2,1H3. The number of hydrogen-bond donors (Lipinski definition) is 1. The van der Waals surface area contributed by atoms with E-state index in [-0.39, 0.29) is 6.04 Å². The fourth-order valence-corrected chi connectivity index (χ4v) is 3.63. The maximum absolute atomic E-state index is 12.5. The summed E-state index contributed by atoms with van der Waals surface area (Å²) in [6.45, 7) is 4.17. The average Bonchev–Trinajstić information content (AvgIpc) is 3.10. The highest BCUT2D eigenvalue weighted by Crippen LogP contribution is 2.19. The van der Waals surface area contributed by atoms with Gasteiger partial charge in [-0.1, -0.05) is 30.3 Å². The van der Waals surface area contributed by atoms with Crippen LogP contribution in [0, 0.1) is 0 Å². The molecule has 0 spiro atoms. The van der Waals surface area contributed by atoms with Crippen LogP contribution in [-0.2, 0) is 11.3 Å². The zero-order valence-electron chi connectivity index (χ0n) is 13.5. The van der Waals surface area contributed by atoms with Crippen LogP contribution in [-0.4, -0.2) is 54.5 Å². The number of amides is 1. The summed E-state index contributed by atoms with van der Waals surface area (Å²) < 4.78 is 0. The molecule has 2 heterocycles. The van der Waals surface area contributed by atoms with Crippen LogP contribution >= 0.6 is 0 Å². The Morgan fingerprint density at radius 3 is 2.59 bits per heavy atom. The topological polar surface area (TPSA) is 35.6 Å². The van der Waals surface area contributed by atoms with E-state index in [4.69, 9.17) is 0 Å². The number of carbonyl (C=O) groups is 1. The molecule has 0 aliphatic carbocycles. The quantitative estimate of drug-likeness (QED) is 0.922. The molecule has 1 unspecified atom stereocenters. The SMILES string of the molecule is CN(C(=O)C1CCCN1)C1CCN(Cc2ccccc2)CC1. The lowest BCUT2D eigenvalue weighted by molar-refractivity contribution is -0.134. The molecule has 4 heteroatoms. The molecule has 0 radical (unpaired) electrons. The van der Waals surface area contributed by atoms with Crippen molar-refractivity contribution >= 4 is 5.91 Å². The number of piperidine rings is 1. The number of benzene rings is 1. The Hall–Kier alpha value is -1.39. The van der Waals surface area contributed by atoms with Gasteiger partial charge in [0.25, 0.3) is 0 Å². The van der Waals surface area contributed by atoms with Gasteiger partial charge in [-0.05, 0) is 37.8 Å². The molecule has 3 rings (SSSR count). The molecule has 2 aliphatic rings. The van der Waals surface area contributed by atoms with Gasteiger partial charge in [-0.3, -0.25) is 9.69 Å². The fourth-order valence-electron chi connectivity index (χ4n) is 3.63. The first-order valence-electron chi connectivity index (χ1n) is 8.50. The van der Waals surface area contributed by atoms with Crippen LogP contribution in [0.5, 0.6) is 0 Å². The first-order valence-corrected chi connectivity index (χ1v) is 8.50. The molecular weight excluding hydrogens is 274 g/mol. The lowest BCUT2D eigenvalue weighted by Gasteiger charge is -2.37. The normalized spacial score (nSPS) is 23.6. The lowest BCUT2D eigenvalue weighted by Crippen LogP contribution is -2.50. The maximum atomic E-state index is 12.5. The minimum atomic E-state index is 0.0624. The van der Waals surface area contributed by atoms with Crippen molar-refractivity contribution in [1.82, 2.24) is 15.1 Å². The van der Waals surface area contributed by atoms with E-state index in [0.717, 1.165) is 51.9 Å². The Labute approximate surface area is 133 Å². The van der Waals surface area contributed by atoms with Crippen LogP contribution in [0.2, 0.25) is 0 Å². The third-order valence-corrected chi connectivity index (χ3v) is 5.06. The Kier molecular flexibility index (Phi) is 5.11. The Morgan fingerprint density at radius 1 is 1.23 bits per heavy atom. The molecule has 1 atom stereocenters. The summed E-state index contributed by atoms with van der Waals surface area (Å²) in [5, 5.41) is 3.32. The van der Waals surface area contributed by atoms with Crippen molar-refractivity contribution in [2.45, 2.75) is 44.3 Å². The van der Waals surface area contributed by atoms with Gasteiger partial charge >= 0.3 is 0 Å².